The van der Waals surface area contributed by atoms with Crippen LogP contribution in [0.2, 0.25) is 0 Å². The van der Waals surface area contributed by atoms with Gasteiger partial charge < -0.3 is 0 Å². The van der Waals surface area contributed by atoms with Gasteiger partial charge >= 0.3 is 0 Å². The fourth-order valence-electron chi connectivity index (χ4n) is 2.47. The maximum Gasteiger partial charge on any atom is 0.0166 e. The van der Waals surface area contributed by atoms with E-state index < -0.39 is 0 Å². The van der Waals surface area contributed by atoms with E-state index in [4.69, 9.17) is 0 Å². The van der Waals surface area contributed by atoms with Crippen molar-refractivity contribution in [3.63, 3.8) is 0 Å². The molecule has 1 aromatic carbocycles. The van der Waals surface area contributed by atoms with Crippen LogP contribution in [0.15, 0.2) is 30.3 Å². The monoisotopic (exact) mass is 243 g/mol. The number of hydrogen-bond donors (Lipinski definition) is 0. The lowest BCUT2D eigenvalue weighted by molar-refractivity contribution is 0.252. The molecule has 1 aliphatic rings. The average molecular weight is 243 g/mol. The van der Waals surface area contributed by atoms with E-state index in [0.29, 0.717) is 5.92 Å². The van der Waals surface area contributed by atoms with Crippen molar-refractivity contribution in [2.75, 3.05) is 19.6 Å². The van der Waals surface area contributed by atoms with Crippen LogP contribution in [0.4, 0.5) is 0 Å². The van der Waals surface area contributed by atoms with Crippen molar-refractivity contribution in [1.82, 2.24) is 4.90 Å². The molecule has 0 saturated carbocycles. The van der Waals surface area contributed by atoms with Gasteiger partial charge in [0.1, 0.15) is 0 Å². The maximum atomic E-state index is 2.54. The van der Waals surface area contributed by atoms with Crippen LogP contribution < -0.4 is 0 Å². The van der Waals surface area contributed by atoms with Gasteiger partial charge in [0.15, 0.2) is 0 Å². The van der Waals surface area contributed by atoms with Gasteiger partial charge in [0, 0.05) is 6.54 Å². The van der Waals surface area contributed by atoms with Gasteiger partial charge in [-0.2, -0.15) is 0 Å². The molecule has 1 saturated heterocycles. The SMILES string of the molecule is CC(C)c1ccc(/C=C/CN2CCCCC2)cc1. The Balaban J connectivity index is 1.84. The lowest BCUT2D eigenvalue weighted by Gasteiger charge is -2.24. The van der Waals surface area contributed by atoms with E-state index in [1.54, 1.807) is 0 Å². The quantitative estimate of drug-likeness (QED) is 0.761. The van der Waals surface area contributed by atoms with Crippen LogP contribution in [0, 0.1) is 0 Å². The van der Waals surface area contributed by atoms with Gasteiger partial charge in [-0.05, 0) is 43.0 Å². The highest BCUT2D eigenvalue weighted by Gasteiger charge is 2.07. The molecule has 0 N–H and O–H groups in total. The topological polar surface area (TPSA) is 3.24 Å². The summed E-state index contributed by atoms with van der Waals surface area (Å²) in [5.74, 6) is 0.622. The average Bonchev–Trinajstić information content (AvgIpc) is 2.40. The molecule has 0 radical (unpaired) electrons. The van der Waals surface area contributed by atoms with Crippen molar-refractivity contribution in [2.24, 2.45) is 0 Å². The molecule has 1 aromatic rings. The molecule has 1 heterocycles. The minimum Gasteiger partial charge on any atom is -0.300 e. The second kappa shape index (κ2) is 6.75. The molecular weight excluding hydrogens is 218 g/mol. The first-order chi connectivity index (χ1) is 8.75. The van der Waals surface area contributed by atoms with Crippen molar-refractivity contribution < 1.29 is 0 Å². The van der Waals surface area contributed by atoms with Gasteiger partial charge in [-0.15, -0.1) is 0 Å². The lowest BCUT2D eigenvalue weighted by atomic mass is 10.0. The minimum atomic E-state index is 0.622. The fourth-order valence-corrected chi connectivity index (χ4v) is 2.47. The van der Waals surface area contributed by atoms with Crippen LogP contribution in [0.5, 0.6) is 0 Å². The van der Waals surface area contributed by atoms with Gasteiger partial charge in [-0.25, -0.2) is 0 Å². The molecule has 18 heavy (non-hydrogen) atoms. The van der Waals surface area contributed by atoms with Crippen molar-refractivity contribution in [2.45, 2.75) is 39.0 Å². The third kappa shape index (κ3) is 3.99. The first-order valence-corrected chi connectivity index (χ1v) is 7.24. The molecule has 0 amide bonds. The number of rotatable bonds is 4. The Labute approximate surface area is 112 Å². The number of nitrogens with zero attached hydrogens (tertiary/aromatic N) is 1. The third-order valence-corrected chi connectivity index (χ3v) is 3.73. The molecule has 0 spiro atoms. The smallest absolute Gasteiger partial charge is 0.0166 e. The first kappa shape index (κ1) is 13.4. The lowest BCUT2D eigenvalue weighted by Crippen LogP contribution is -2.29. The van der Waals surface area contributed by atoms with Crippen molar-refractivity contribution in [3.8, 4) is 0 Å². The van der Waals surface area contributed by atoms with Gasteiger partial charge in [-0.1, -0.05) is 56.7 Å². The molecule has 1 aliphatic heterocycles. The van der Waals surface area contributed by atoms with Crippen LogP contribution >= 0.6 is 0 Å². The summed E-state index contributed by atoms with van der Waals surface area (Å²) in [6, 6.07) is 8.93. The van der Waals surface area contributed by atoms with E-state index in [-0.39, 0.29) is 0 Å². The van der Waals surface area contributed by atoms with E-state index in [1.807, 2.05) is 0 Å². The summed E-state index contributed by atoms with van der Waals surface area (Å²) in [6.07, 6.45) is 8.71. The van der Waals surface area contributed by atoms with E-state index in [0.717, 1.165) is 6.54 Å². The van der Waals surface area contributed by atoms with E-state index >= 15 is 0 Å². The van der Waals surface area contributed by atoms with Crippen molar-refractivity contribution in [3.05, 3.63) is 41.5 Å². The Hall–Kier alpha value is -1.08. The zero-order valence-corrected chi connectivity index (χ0v) is 11.7. The molecule has 98 valence electrons. The number of piperidine rings is 1. The van der Waals surface area contributed by atoms with Crippen LogP contribution in [-0.4, -0.2) is 24.5 Å². The predicted molar refractivity (Wildman–Crippen MR) is 79.9 cm³/mol. The highest BCUT2D eigenvalue weighted by atomic mass is 15.1. The molecule has 0 aromatic heterocycles. The Morgan fingerprint density at radius 2 is 1.72 bits per heavy atom. The summed E-state index contributed by atoms with van der Waals surface area (Å²) in [4.78, 5) is 2.54. The first-order valence-electron chi connectivity index (χ1n) is 7.24. The molecular formula is C17H25N. The Morgan fingerprint density at radius 3 is 2.33 bits per heavy atom. The Kier molecular flexibility index (Phi) is 5.00. The molecule has 0 bridgehead atoms. The van der Waals surface area contributed by atoms with Crippen molar-refractivity contribution in [1.29, 1.82) is 0 Å². The van der Waals surface area contributed by atoms with Gasteiger partial charge in [0.2, 0.25) is 0 Å². The second-order valence-corrected chi connectivity index (χ2v) is 5.59. The highest BCUT2D eigenvalue weighted by Crippen LogP contribution is 2.15. The van der Waals surface area contributed by atoms with Crippen LogP contribution in [0.25, 0.3) is 6.08 Å². The molecule has 2 rings (SSSR count). The van der Waals surface area contributed by atoms with E-state index in [1.165, 1.54) is 43.5 Å². The van der Waals surface area contributed by atoms with E-state index in [9.17, 15) is 0 Å². The standard InChI is InChI=1S/C17H25N/c1-15(2)17-10-8-16(9-11-17)7-6-14-18-12-4-3-5-13-18/h6-11,15H,3-5,12-14H2,1-2H3/b7-6+. The number of hydrogen-bond acceptors (Lipinski definition) is 1. The Morgan fingerprint density at radius 1 is 1.06 bits per heavy atom. The molecule has 0 unspecified atom stereocenters. The third-order valence-electron chi connectivity index (χ3n) is 3.73. The molecule has 0 aliphatic carbocycles. The van der Waals surface area contributed by atoms with Crippen LogP contribution in [0.3, 0.4) is 0 Å². The van der Waals surface area contributed by atoms with Gasteiger partial charge in [-0.3, -0.25) is 4.90 Å². The molecule has 1 heteroatoms. The summed E-state index contributed by atoms with van der Waals surface area (Å²) >= 11 is 0. The van der Waals surface area contributed by atoms with Crippen LogP contribution in [0.1, 0.15) is 50.2 Å². The minimum absolute atomic E-state index is 0.622. The number of benzene rings is 1. The largest absolute Gasteiger partial charge is 0.300 e. The summed E-state index contributed by atoms with van der Waals surface area (Å²) in [5, 5.41) is 0. The van der Waals surface area contributed by atoms with Gasteiger partial charge in [0.25, 0.3) is 0 Å². The predicted octanol–water partition coefficient (Wildman–Crippen LogP) is 4.31. The maximum absolute atomic E-state index is 2.54. The number of likely N-dealkylation sites (tertiary alicyclic amines) is 1. The summed E-state index contributed by atoms with van der Waals surface area (Å²) < 4.78 is 0. The normalized spacial score (nSPS) is 17.7. The summed E-state index contributed by atoms with van der Waals surface area (Å²) in [7, 11) is 0. The summed E-state index contributed by atoms with van der Waals surface area (Å²) in [5.41, 5.74) is 2.74. The second-order valence-electron chi connectivity index (χ2n) is 5.59. The highest BCUT2D eigenvalue weighted by molar-refractivity contribution is 5.50. The molecule has 1 fully saturated rings. The van der Waals surface area contributed by atoms with Crippen LogP contribution in [-0.2, 0) is 0 Å². The fraction of sp³-hybridized carbons (Fsp3) is 0.529. The zero-order chi connectivity index (χ0) is 12.8. The van der Waals surface area contributed by atoms with E-state index in [2.05, 4.69) is 55.2 Å². The molecule has 0 atom stereocenters. The Bertz CT molecular complexity index is 369. The molecule has 1 nitrogen and oxygen atoms in total. The van der Waals surface area contributed by atoms with Crippen molar-refractivity contribution >= 4 is 6.08 Å². The van der Waals surface area contributed by atoms with Gasteiger partial charge in [0.05, 0.1) is 0 Å². The summed E-state index contributed by atoms with van der Waals surface area (Å²) in [6.45, 7) is 8.13. The zero-order valence-electron chi connectivity index (χ0n) is 11.7.